The Labute approximate surface area is 336 Å². The van der Waals surface area contributed by atoms with E-state index in [9.17, 15) is 0 Å². The molecule has 0 unspecified atom stereocenters. The van der Waals surface area contributed by atoms with Crippen molar-refractivity contribution in [3.8, 4) is 44.8 Å². The molecule has 2 heterocycles. The summed E-state index contributed by atoms with van der Waals surface area (Å²) in [4.78, 5) is 0. The van der Waals surface area contributed by atoms with Crippen LogP contribution in [0, 0.1) is 0 Å². The van der Waals surface area contributed by atoms with Crippen LogP contribution < -0.4 is 0 Å². The summed E-state index contributed by atoms with van der Waals surface area (Å²) in [5.74, 6) is 0. The second kappa shape index (κ2) is 12.9. The predicted octanol–water partition coefficient (Wildman–Crippen LogP) is 15.2. The van der Waals surface area contributed by atoms with Crippen LogP contribution in [0.2, 0.25) is 0 Å². The van der Waals surface area contributed by atoms with Crippen LogP contribution in [-0.2, 0) is 0 Å². The van der Waals surface area contributed by atoms with E-state index in [2.05, 4.69) is 228 Å². The van der Waals surface area contributed by atoms with Crippen molar-refractivity contribution in [2.45, 2.75) is 0 Å². The number of hydrogen-bond acceptors (Lipinski definition) is 0. The van der Waals surface area contributed by atoms with Crippen LogP contribution in [0.15, 0.2) is 218 Å². The molecule has 0 bridgehead atoms. The average Bonchev–Trinajstić information content (AvgIpc) is 3.82. The van der Waals surface area contributed by atoms with E-state index in [1.54, 1.807) is 0 Å². The predicted molar refractivity (Wildman–Crippen MR) is 246 cm³/mol. The normalized spacial score (nSPS) is 11.8. The van der Waals surface area contributed by atoms with Crippen LogP contribution in [0.5, 0.6) is 0 Å². The lowest BCUT2D eigenvalue weighted by Crippen LogP contribution is -1.98. The molecule has 2 nitrogen and oxygen atoms in total. The molecule has 0 atom stereocenters. The number of benzene rings is 10. The van der Waals surface area contributed by atoms with Crippen LogP contribution >= 0.6 is 0 Å². The minimum atomic E-state index is 1.15. The topological polar surface area (TPSA) is 9.86 Å². The van der Waals surface area contributed by atoms with Gasteiger partial charge in [-0.15, -0.1) is 0 Å². The summed E-state index contributed by atoms with van der Waals surface area (Å²) in [5, 5.41) is 9.94. The van der Waals surface area contributed by atoms with Crippen molar-refractivity contribution in [3.63, 3.8) is 0 Å². The molecule has 0 aliphatic heterocycles. The van der Waals surface area contributed by atoms with E-state index in [1.807, 2.05) is 0 Å². The van der Waals surface area contributed by atoms with Crippen molar-refractivity contribution in [2.24, 2.45) is 0 Å². The third-order valence-electron chi connectivity index (χ3n) is 12.1. The molecule has 0 aliphatic carbocycles. The van der Waals surface area contributed by atoms with Crippen LogP contribution in [0.1, 0.15) is 0 Å². The van der Waals surface area contributed by atoms with Crippen molar-refractivity contribution in [1.29, 1.82) is 0 Å². The quantitative estimate of drug-likeness (QED) is 0.156. The second-order valence-electron chi connectivity index (χ2n) is 15.3. The lowest BCUT2D eigenvalue weighted by Gasteiger charge is -2.20. The summed E-state index contributed by atoms with van der Waals surface area (Å²) in [6, 6.07) is 80.1. The summed E-state index contributed by atoms with van der Waals surface area (Å²) in [6.45, 7) is 0. The Kier molecular flexibility index (Phi) is 7.26. The highest BCUT2D eigenvalue weighted by molar-refractivity contribution is 6.22. The number of fused-ring (bicyclic) bond motifs is 8. The van der Waals surface area contributed by atoms with Gasteiger partial charge in [-0.1, -0.05) is 170 Å². The number of nitrogens with zero attached hydrogens (tertiary/aromatic N) is 2. The smallest absolute Gasteiger partial charge is 0.0541 e. The molecule has 12 rings (SSSR count). The minimum Gasteiger partial charge on any atom is -0.309 e. The molecule has 58 heavy (non-hydrogen) atoms. The molecule has 0 saturated carbocycles. The van der Waals surface area contributed by atoms with E-state index in [0.717, 1.165) is 11.4 Å². The van der Waals surface area contributed by atoms with E-state index in [1.165, 1.54) is 98.5 Å². The average molecular weight is 737 g/mol. The van der Waals surface area contributed by atoms with Crippen LogP contribution in [0.3, 0.4) is 0 Å². The first-order chi connectivity index (χ1) is 28.8. The molecule has 0 radical (unpaired) electrons. The second-order valence-corrected chi connectivity index (χ2v) is 15.3. The van der Waals surface area contributed by atoms with E-state index >= 15 is 0 Å². The summed E-state index contributed by atoms with van der Waals surface area (Å²) in [5.41, 5.74) is 14.4. The molecule has 2 aromatic heterocycles. The van der Waals surface area contributed by atoms with Crippen molar-refractivity contribution in [1.82, 2.24) is 9.13 Å². The maximum absolute atomic E-state index is 2.43. The molecular weight excluding hydrogens is 701 g/mol. The van der Waals surface area contributed by atoms with Gasteiger partial charge in [0.05, 0.1) is 22.1 Å². The molecule has 12 aromatic rings. The van der Waals surface area contributed by atoms with Crippen molar-refractivity contribution in [3.05, 3.63) is 218 Å². The van der Waals surface area contributed by atoms with E-state index in [0.29, 0.717) is 0 Å². The van der Waals surface area contributed by atoms with E-state index < -0.39 is 0 Å². The fourth-order valence-corrected chi connectivity index (χ4v) is 9.57. The van der Waals surface area contributed by atoms with Crippen LogP contribution in [0.4, 0.5) is 0 Å². The molecule has 0 fully saturated rings. The molecule has 270 valence electrons. The Morgan fingerprint density at radius 1 is 0.207 bits per heavy atom. The maximum Gasteiger partial charge on any atom is 0.0541 e. The van der Waals surface area contributed by atoms with Gasteiger partial charge in [-0.2, -0.15) is 0 Å². The fraction of sp³-hybridized carbons (Fsp3) is 0. The molecule has 10 aromatic carbocycles. The molecule has 0 saturated heterocycles. The summed E-state index contributed by atoms with van der Waals surface area (Å²) >= 11 is 0. The first-order valence-corrected chi connectivity index (χ1v) is 20.0. The number of aromatic nitrogens is 2. The summed E-state index contributed by atoms with van der Waals surface area (Å²) in [6.07, 6.45) is 0. The van der Waals surface area contributed by atoms with Gasteiger partial charge in [0, 0.05) is 32.9 Å². The zero-order chi connectivity index (χ0) is 38.2. The zero-order valence-corrected chi connectivity index (χ0v) is 31.7. The molecule has 0 spiro atoms. The Morgan fingerprint density at radius 3 is 0.931 bits per heavy atom. The van der Waals surface area contributed by atoms with Gasteiger partial charge in [-0.3, -0.25) is 0 Å². The summed E-state index contributed by atoms with van der Waals surface area (Å²) < 4.78 is 4.87. The van der Waals surface area contributed by atoms with Crippen LogP contribution in [0.25, 0.3) is 110 Å². The Balaban J connectivity index is 1.20. The lowest BCUT2D eigenvalue weighted by molar-refractivity contribution is 1.18. The molecule has 0 N–H and O–H groups in total. The third kappa shape index (κ3) is 4.92. The number of rotatable bonds is 5. The van der Waals surface area contributed by atoms with Gasteiger partial charge in [-0.05, 0) is 103 Å². The Morgan fingerprint density at radius 2 is 0.517 bits per heavy atom. The molecular formula is C56H36N2. The van der Waals surface area contributed by atoms with Crippen molar-refractivity contribution in [2.75, 3.05) is 0 Å². The highest BCUT2D eigenvalue weighted by Gasteiger charge is 2.21. The lowest BCUT2D eigenvalue weighted by atomic mass is 9.85. The number of hydrogen-bond donors (Lipinski definition) is 0. The Bertz CT molecular complexity index is 3430. The molecule has 0 aliphatic rings. The monoisotopic (exact) mass is 736 g/mol. The summed E-state index contributed by atoms with van der Waals surface area (Å²) in [7, 11) is 0. The first-order valence-electron chi connectivity index (χ1n) is 20.0. The molecule has 0 amide bonds. The largest absolute Gasteiger partial charge is 0.309 e. The van der Waals surface area contributed by atoms with Gasteiger partial charge in [0.1, 0.15) is 0 Å². The Hall–Kier alpha value is -7.68. The van der Waals surface area contributed by atoms with Crippen molar-refractivity contribution >= 4 is 65.2 Å². The SMILES string of the molecule is c1ccc(-c2ccc(-c3c4ccc(-n5c6ccccc6c6ccccc65)cc4c(-c4ccccc4)c4ccc(-n5c6ccccc6c6ccccc65)cc34)cc2)cc1. The fourth-order valence-electron chi connectivity index (χ4n) is 9.57. The first kappa shape index (κ1) is 32.6. The van der Waals surface area contributed by atoms with Gasteiger partial charge >= 0.3 is 0 Å². The minimum absolute atomic E-state index is 1.15. The standard InChI is InChI=1S/C56H36N2/c1-3-15-37(16-4-1)38-27-29-40(30-28-38)56-48-34-32-41(57-51-23-11-7-19-43(51)44-20-8-12-24-52(44)57)35-49(48)55(39-17-5-2-6-18-39)47-33-31-42(36-50(47)56)58-53-25-13-9-21-45(53)46-22-10-14-26-54(46)58/h1-36H. The third-order valence-corrected chi connectivity index (χ3v) is 12.1. The van der Waals surface area contributed by atoms with E-state index in [4.69, 9.17) is 0 Å². The highest BCUT2D eigenvalue weighted by Crippen LogP contribution is 2.46. The maximum atomic E-state index is 2.43. The van der Waals surface area contributed by atoms with E-state index in [-0.39, 0.29) is 0 Å². The number of para-hydroxylation sites is 4. The van der Waals surface area contributed by atoms with Gasteiger partial charge in [0.25, 0.3) is 0 Å². The van der Waals surface area contributed by atoms with Crippen LogP contribution in [-0.4, -0.2) is 9.13 Å². The van der Waals surface area contributed by atoms with Gasteiger partial charge in [-0.25, -0.2) is 0 Å². The zero-order valence-electron chi connectivity index (χ0n) is 31.7. The van der Waals surface area contributed by atoms with Gasteiger partial charge < -0.3 is 9.13 Å². The van der Waals surface area contributed by atoms with Gasteiger partial charge in [0.2, 0.25) is 0 Å². The molecule has 2 heteroatoms. The van der Waals surface area contributed by atoms with Crippen molar-refractivity contribution < 1.29 is 0 Å². The van der Waals surface area contributed by atoms with Gasteiger partial charge in [0.15, 0.2) is 0 Å². The highest BCUT2D eigenvalue weighted by atomic mass is 15.0.